The second-order valence-electron chi connectivity index (χ2n) is 14.6. The molecule has 0 radical (unpaired) electrons. The molecule has 2 aliphatic heterocycles. The van der Waals surface area contributed by atoms with Gasteiger partial charge < -0.3 is 52.5 Å². The van der Waals surface area contributed by atoms with Crippen molar-refractivity contribution in [2.24, 2.45) is 11.8 Å². The number of carbonyl (C=O) groups is 3. The summed E-state index contributed by atoms with van der Waals surface area (Å²) in [4.78, 5) is 38.9. The quantitative estimate of drug-likeness (QED) is 0.126. The molecule has 316 valence electrons. The summed E-state index contributed by atoms with van der Waals surface area (Å²) in [5.74, 6) is -4.32. The van der Waals surface area contributed by atoms with Crippen LogP contribution >= 0.6 is 0 Å². The molecular weight excluding hydrogens is 752 g/mol. The molecule has 3 aromatic rings. The summed E-state index contributed by atoms with van der Waals surface area (Å²) < 4.78 is 61.2. The first-order valence-corrected chi connectivity index (χ1v) is 19.6. The highest BCUT2D eigenvalue weighted by Crippen LogP contribution is 2.43. The molecule has 0 aliphatic carbocycles. The highest BCUT2D eigenvalue weighted by atomic mass is 16.8. The maximum atomic E-state index is 14.2. The second kappa shape index (κ2) is 20.9. The Labute approximate surface area is 339 Å². The summed E-state index contributed by atoms with van der Waals surface area (Å²) in [5.41, 5.74) is 1.71. The van der Waals surface area contributed by atoms with Gasteiger partial charge in [-0.2, -0.15) is 0 Å². The molecule has 3 aromatic carbocycles. The third-order valence-corrected chi connectivity index (χ3v) is 10.5. The van der Waals surface area contributed by atoms with E-state index in [-0.39, 0.29) is 26.2 Å². The zero-order chi connectivity index (χ0) is 41.8. The van der Waals surface area contributed by atoms with Gasteiger partial charge in [0, 0.05) is 25.7 Å². The van der Waals surface area contributed by atoms with Crippen molar-refractivity contribution >= 4 is 17.9 Å². The van der Waals surface area contributed by atoms with Gasteiger partial charge >= 0.3 is 17.9 Å². The number of methoxy groups -OCH3 is 2. The molecule has 2 fully saturated rings. The van der Waals surface area contributed by atoms with E-state index < -0.39 is 84.5 Å². The fraction of sp³-hybridized carbons (Fsp3) is 0.523. The van der Waals surface area contributed by atoms with Crippen molar-refractivity contribution in [2.45, 2.75) is 115 Å². The number of carbonyl (C=O) groups excluding carboxylic acids is 3. The average Bonchev–Trinajstić information content (AvgIpc) is 3.22. The third kappa shape index (κ3) is 11.3. The van der Waals surface area contributed by atoms with Crippen LogP contribution in [0, 0.1) is 11.8 Å². The van der Waals surface area contributed by atoms with Crippen LogP contribution in [-0.2, 0) is 65.5 Å². The Balaban J connectivity index is 1.57. The predicted molar refractivity (Wildman–Crippen MR) is 208 cm³/mol. The van der Waals surface area contributed by atoms with Crippen LogP contribution < -0.4 is 9.47 Å². The summed E-state index contributed by atoms with van der Waals surface area (Å²) >= 11 is 0. The molecule has 1 N–H and O–H groups in total. The molecule has 11 atom stereocenters. The zero-order valence-electron chi connectivity index (χ0n) is 34.1. The van der Waals surface area contributed by atoms with Gasteiger partial charge in [-0.3, -0.25) is 9.59 Å². The Kier molecular flexibility index (Phi) is 16.1. The van der Waals surface area contributed by atoms with E-state index >= 15 is 0 Å². The number of aliphatic hydroxyl groups is 1. The lowest BCUT2D eigenvalue weighted by Crippen LogP contribution is -2.67. The Hall–Kier alpha value is -4.57. The van der Waals surface area contributed by atoms with Crippen LogP contribution in [-0.4, -0.2) is 98.6 Å². The van der Waals surface area contributed by atoms with E-state index in [2.05, 4.69) is 0 Å². The van der Waals surface area contributed by atoms with Crippen LogP contribution in [0.2, 0.25) is 0 Å². The molecule has 0 spiro atoms. The monoisotopic (exact) mass is 808 g/mol. The molecule has 0 saturated carbocycles. The summed E-state index contributed by atoms with van der Waals surface area (Å²) in [6.07, 6.45) is -8.71. The van der Waals surface area contributed by atoms with Gasteiger partial charge in [-0.15, -0.1) is 0 Å². The molecule has 14 nitrogen and oxygen atoms in total. The lowest BCUT2D eigenvalue weighted by atomic mass is 9.80. The molecule has 2 heterocycles. The van der Waals surface area contributed by atoms with E-state index in [4.69, 9.17) is 47.4 Å². The fourth-order valence-corrected chi connectivity index (χ4v) is 7.46. The molecule has 14 heteroatoms. The maximum Gasteiger partial charge on any atom is 0.366 e. The minimum absolute atomic E-state index is 0.0402. The number of esters is 3. The van der Waals surface area contributed by atoms with Crippen molar-refractivity contribution in [2.75, 3.05) is 20.8 Å². The largest absolute Gasteiger partial charge is 0.497 e. The van der Waals surface area contributed by atoms with E-state index in [0.29, 0.717) is 17.9 Å². The second-order valence-corrected chi connectivity index (χ2v) is 14.6. The van der Waals surface area contributed by atoms with Gasteiger partial charge in [0.2, 0.25) is 6.29 Å². The smallest absolute Gasteiger partial charge is 0.366 e. The van der Waals surface area contributed by atoms with Gasteiger partial charge in [0.1, 0.15) is 48.1 Å². The first-order chi connectivity index (χ1) is 27.9. The number of hydrogen-bond acceptors (Lipinski definition) is 14. The van der Waals surface area contributed by atoms with Crippen LogP contribution in [0.25, 0.3) is 0 Å². The highest BCUT2D eigenvalue weighted by Gasteiger charge is 2.60. The van der Waals surface area contributed by atoms with Crippen molar-refractivity contribution in [3.05, 3.63) is 96.1 Å². The van der Waals surface area contributed by atoms with E-state index in [1.54, 1.807) is 31.4 Å². The highest BCUT2D eigenvalue weighted by molar-refractivity contribution is 5.78. The molecule has 5 rings (SSSR count). The first-order valence-electron chi connectivity index (χ1n) is 19.6. The van der Waals surface area contributed by atoms with Crippen LogP contribution in [0.5, 0.6) is 11.5 Å². The van der Waals surface area contributed by atoms with Crippen LogP contribution in [0.15, 0.2) is 84.9 Å². The van der Waals surface area contributed by atoms with Gasteiger partial charge in [-0.25, -0.2) is 4.79 Å². The molecular formula is C44H56O14. The molecule has 3 unspecified atom stereocenters. The van der Waals surface area contributed by atoms with Crippen molar-refractivity contribution < 1.29 is 66.9 Å². The number of rotatable bonds is 18. The van der Waals surface area contributed by atoms with Gasteiger partial charge in [0.15, 0.2) is 0 Å². The molecule has 2 saturated heterocycles. The first kappa shape index (κ1) is 44.5. The van der Waals surface area contributed by atoms with Crippen LogP contribution in [0.4, 0.5) is 0 Å². The number of ether oxygens (including phenoxy) is 10. The zero-order valence-corrected chi connectivity index (χ0v) is 34.1. The topological polar surface area (TPSA) is 164 Å². The van der Waals surface area contributed by atoms with Gasteiger partial charge in [-0.05, 0) is 41.8 Å². The Morgan fingerprint density at radius 3 is 2.05 bits per heavy atom. The Bertz CT molecular complexity index is 1740. The summed E-state index contributed by atoms with van der Waals surface area (Å²) in [7, 11) is 2.74. The Morgan fingerprint density at radius 2 is 1.48 bits per heavy atom. The molecule has 0 amide bonds. The molecule has 0 bridgehead atoms. The van der Waals surface area contributed by atoms with Crippen molar-refractivity contribution in [1.29, 1.82) is 0 Å². The molecule has 2 aliphatic rings. The SMILES string of the molecule is CC[C@@H](OC(C)=O)[C@@H](C)[C@@H]1O[C@@](O[C@@H]2C(OCc3ccccc3)[C@H](Oc3ccc(OC)cc3)OC(COCc3ccccc3)[C@@H]2O)(C(=O)OC)CC(OC(C)=O)[C@@H]1C. The van der Waals surface area contributed by atoms with Crippen LogP contribution in [0.3, 0.4) is 0 Å². The van der Waals surface area contributed by atoms with Crippen molar-refractivity contribution in [3.8, 4) is 11.5 Å². The van der Waals surface area contributed by atoms with Crippen LogP contribution in [0.1, 0.15) is 58.6 Å². The number of hydrogen-bond donors (Lipinski definition) is 1. The minimum atomic E-state index is -2.27. The summed E-state index contributed by atoms with van der Waals surface area (Å²) in [5, 5.41) is 12.3. The summed E-state index contributed by atoms with van der Waals surface area (Å²) in [6.45, 7) is 8.24. The van der Waals surface area contributed by atoms with Crippen molar-refractivity contribution in [3.63, 3.8) is 0 Å². The number of aliphatic hydroxyl groups excluding tert-OH is 1. The Morgan fingerprint density at radius 1 is 0.862 bits per heavy atom. The molecule has 58 heavy (non-hydrogen) atoms. The third-order valence-electron chi connectivity index (χ3n) is 10.5. The lowest BCUT2D eigenvalue weighted by molar-refractivity contribution is -0.369. The van der Waals surface area contributed by atoms with Gasteiger partial charge in [0.25, 0.3) is 5.79 Å². The van der Waals surface area contributed by atoms with Crippen molar-refractivity contribution in [1.82, 2.24) is 0 Å². The molecule has 0 aromatic heterocycles. The van der Waals surface area contributed by atoms with Gasteiger partial charge in [0.05, 0.1) is 46.6 Å². The van der Waals surface area contributed by atoms with Gasteiger partial charge in [-0.1, -0.05) is 81.4 Å². The van der Waals surface area contributed by atoms with E-state index in [1.165, 1.54) is 21.0 Å². The predicted octanol–water partition coefficient (Wildman–Crippen LogP) is 5.55. The maximum absolute atomic E-state index is 14.2. The van der Waals surface area contributed by atoms with E-state index in [1.807, 2.05) is 81.4 Å². The minimum Gasteiger partial charge on any atom is -0.497 e. The average molecular weight is 809 g/mol. The normalized spacial score (nSPS) is 28.1. The van der Waals surface area contributed by atoms with E-state index in [0.717, 1.165) is 11.1 Å². The summed E-state index contributed by atoms with van der Waals surface area (Å²) in [6, 6.07) is 25.7. The standard InChI is InChI=1S/C44H56O14/c1-8-35(53-29(4)45)27(2)39-28(3)36(54-30(5)46)23-44(57-39,43(48)50-7)58-40-38(47)37(26-51-24-31-15-11-9-12-16-31)56-42(55-34-21-19-33(49-6)20-22-34)41(40)52-25-32-17-13-10-14-18-32/h9-22,27-28,35-42,47H,8,23-26H2,1-7H3/t27-,28+,35-,36?,37?,38+,39+,40+,41?,42-,44+/m1/s1. The number of benzene rings is 3. The lowest BCUT2D eigenvalue weighted by Gasteiger charge is -2.51. The fourth-order valence-electron chi connectivity index (χ4n) is 7.46. The van der Waals surface area contributed by atoms with E-state index in [9.17, 15) is 19.5 Å².